The average Bonchev–Trinajstić information content (AvgIpc) is 2.19. The fourth-order valence-electron chi connectivity index (χ4n) is 1.15. The smallest absolute Gasteiger partial charge is 0.142 e. The van der Waals surface area contributed by atoms with E-state index in [1.54, 1.807) is 30.5 Å². The second kappa shape index (κ2) is 3.33. The molecule has 0 aliphatic rings. The molecule has 2 rings (SSSR count). The molecular weight excluding hydrogens is 178 g/mol. The maximum absolute atomic E-state index is 9.10. The Kier molecular flexibility index (Phi) is 2.02. The fraction of sp³-hybridized carbons (Fsp3) is 0. The van der Waals surface area contributed by atoms with Crippen molar-refractivity contribution in [3.05, 3.63) is 36.7 Å². The van der Waals surface area contributed by atoms with Gasteiger partial charge in [-0.25, -0.2) is 4.98 Å². The van der Waals surface area contributed by atoms with Crippen LogP contribution in [-0.2, 0) is 0 Å². The van der Waals surface area contributed by atoms with Crippen molar-refractivity contribution in [1.29, 1.82) is 0 Å². The minimum atomic E-state index is 0.227. The number of nitrogens with zero attached hydrogens (tertiary/aromatic N) is 2. The minimum Gasteiger partial charge on any atom is -0.508 e. The Labute approximate surface area is 81.1 Å². The first kappa shape index (κ1) is 8.50. The number of phenolic OH excluding ortho intramolecular Hbond substituents is 1. The normalized spacial score (nSPS) is 10.0. The number of rotatable bonds is 1. The molecule has 0 atom stereocenters. The topological polar surface area (TPSA) is 72.0 Å². The number of nitrogens with two attached hydrogens (primary N) is 1. The van der Waals surface area contributed by atoms with Crippen molar-refractivity contribution in [1.82, 2.24) is 9.97 Å². The van der Waals surface area contributed by atoms with Gasteiger partial charge in [0.1, 0.15) is 11.6 Å². The standard InChI is InChI=1S/C10H9N3O/c11-10-6-12-5-9(13-10)7-1-3-8(14)4-2-7/h1-6,14H,(H2,11,13). The Hall–Kier alpha value is -2.10. The molecule has 1 aromatic heterocycles. The first-order chi connectivity index (χ1) is 6.75. The molecule has 4 nitrogen and oxygen atoms in total. The monoisotopic (exact) mass is 187 g/mol. The number of phenols is 1. The zero-order chi connectivity index (χ0) is 9.97. The van der Waals surface area contributed by atoms with Gasteiger partial charge >= 0.3 is 0 Å². The van der Waals surface area contributed by atoms with Crippen LogP contribution in [0.5, 0.6) is 5.75 Å². The number of aromatic nitrogens is 2. The molecule has 4 heteroatoms. The highest BCUT2D eigenvalue weighted by Gasteiger charge is 1.99. The van der Waals surface area contributed by atoms with E-state index in [0.717, 1.165) is 5.56 Å². The summed E-state index contributed by atoms with van der Waals surface area (Å²) in [4.78, 5) is 8.04. The average molecular weight is 187 g/mol. The summed E-state index contributed by atoms with van der Waals surface area (Å²) in [6.07, 6.45) is 3.12. The Morgan fingerprint density at radius 3 is 2.43 bits per heavy atom. The van der Waals surface area contributed by atoms with Crippen LogP contribution in [0, 0.1) is 0 Å². The molecule has 0 saturated heterocycles. The van der Waals surface area contributed by atoms with Crippen molar-refractivity contribution in [3.63, 3.8) is 0 Å². The van der Waals surface area contributed by atoms with Crippen LogP contribution in [-0.4, -0.2) is 15.1 Å². The number of anilines is 1. The lowest BCUT2D eigenvalue weighted by Gasteiger charge is -2.00. The van der Waals surface area contributed by atoms with Crippen molar-refractivity contribution in [2.45, 2.75) is 0 Å². The number of aromatic hydroxyl groups is 1. The van der Waals surface area contributed by atoms with Crippen LogP contribution < -0.4 is 5.73 Å². The molecule has 1 aromatic carbocycles. The van der Waals surface area contributed by atoms with Gasteiger partial charge in [-0.3, -0.25) is 4.98 Å². The Morgan fingerprint density at radius 1 is 1.07 bits per heavy atom. The summed E-state index contributed by atoms with van der Waals surface area (Å²) in [6.45, 7) is 0. The van der Waals surface area contributed by atoms with Gasteiger partial charge in [-0.05, 0) is 24.3 Å². The van der Waals surface area contributed by atoms with Gasteiger partial charge in [-0.15, -0.1) is 0 Å². The molecule has 0 fully saturated rings. The fourth-order valence-corrected chi connectivity index (χ4v) is 1.15. The summed E-state index contributed by atoms with van der Waals surface area (Å²) in [7, 11) is 0. The lowest BCUT2D eigenvalue weighted by atomic mass is 10.1. The maximum atomic E-state index is 9.10. The molecule has 70 valence electrons. The summed E-state index contributed by atoms with van der Waals surface area (Å²) in [6, 6.07) is 6.72. The molecule has 0 radical (unpaired) electrons. The van der Waals surface area contributed by atoms with E-state index in [1.807, 2.05) is 0 Å². The second-order valence-electron chi connectivity index (χ2n) is 2.88. The van der Waals surface area contributed by atoms with Crippen LogP contribution in [0.4, 0.5) is 5.82 Å². The molecule has 3 N–H and O–H groups in total. The quantitative estimate of drug-likeness (QED) is 0.708. The van der Waals surface area contributed by atoms with Crippen molar-refractivity contribution < 1.29 is 5.11 Å². The van der Waals surface area contributed by atoms with Gasteiger partial charge in [0.2, 0.25) is 0 Å². The van der Waals surface area contributed by atoms with E-state index in [-0.39, 0.29) is 5.75 Å². The third-order valence-electron chi connectivity index (χ3n) is 1.82. The van der Waals surface area contributed by atoms with E-state index in [1.165, 1.54) is 6.20 Å². The third kappa shape index (κ3) is 1.64. The molecule has 0 spiro atoms. The lowest BCUT2D eigenvalue weighted by Crippen LogP contribution is -1.93. The first-order valence-corrected chi connectivity index (χ1v) is 4.12. The highest BCUT2D eigenvalue weighted by Crippen LogP contribution is 2.19. The molecule has 0 amide bonds. The van der Waals surface area contributed by atoms with E-state index in [9.17, 15) is 0 Å². The molecule has 2 aromatic rings. The number of nitrogen functional groups attached to an aromatic ring is 1. The molecule has 0 unspecified atom stereocenters. The molecular formula is C10H9N3O. The van der Waals surface area contributed by atoms with Gasteiger partial charge in [-0.2, -0.15) is 0 Å². The number of hydrogen-bond acceptors (Lipinski definition) is 4. The van der Waals surface area contributed by atoms with Crippen LogP contribution in [0.1, 0.15) is 0 Å². The SMILES string of the molecule is Nc1cncc(-c2ccc(O)cc2)n1. The van der Waals surface area contributed by atoms with Gasteiger partial charge in [0.05, 0.1) is 18.1 Å². The summed E-state index contributed by atoms with van der Waals surface area (Å²) < 4.78 is 0. The molecule has 14 heavy (non-hydrogen) atoms. The van der Waals surface area contributed by atoms with Crippen molar-refractivity contribution in [3.8, 4) is 17.0 Å². The minimum absolute atomic E-state index is 0.227. The van der Waals surface area contributed by atoms with Crippen LogP contribution >= 0.6 is 0 Å². The number of hydrogen-bond donors (Lipinski definition) is 2. The zero-order valence-electron chi connectivity index (χ0n) is 7.38. The largest absolute Gasteiger partial charge is 0.508 e. The van der Waals surface area contributed by atoms with E-state index < -0.39 is 0 Å². The predicted molar refractivity (Wildman–Crippen MR) is 53.5 cm³/mol. The Bertz CT molecular complexity index is 439. The highest BCUT2D eigenvalue weighted by molar-refractivity contribution is 5.60. The van der Waals surface area contributed by atoms with E-state index in [4.69, 9.17) is 10.8 Å². The van der Waals surface area contributed by atoms with Crippen molar-refractivity contribution in [2.24, 2.45) is 0 Å². The number of benzene rings is 1. The van der Waals surface area contributed by atoms with Gasteiger partial charge < -0.3 is 10.8 Å². The summed E-state index contributed by atoms with van der Waals surface area (Å²) in [5, 5.41) is 9.10. The molecule has 0 aliphatic carbocycles. The van der Waals surface area contributed by atoms with E-state index >= 15 is 0 Å². The zero-order valence-corrected chi connectivity index (χ0v) is 7.38. The van der Waals surface area contributed by atoms with Crippen LogP contribution in [0.2, 0.25) is 0 Å². The van der Waals surface area contributed by atoms with Crippen LogP contribution in [0.25, 0.3) is 11.3 Å². The second-order valence-corrected chi connectivity index (χ2v) is 2.88. The van der Waals surface area contributed by atoms with Gasteiger partial charge in [0.15, 0.2) is 0 Å². The van der Waals surface area contributed by atoms with Gasteiger partial charge in [0.25, 0.3) is 0 Å². The van der Waals surface area contributed by atoms with E-state index in [2.05, 4.69) is 9.97 Å². The van der Waals surface area contributed by atoms with E-state index in [0.29, 0.717) is 11.5 Å². The highest BCUT2D eigenvalue weighted by atomic mass is 16.3. The summed E-state index contributed by atoms with van der Waals surface area (Å²) >= 11 is 0. The van der Waals surface area contributed by atoms with Crippen molar-refractivity contribution >= 4 is 5.82 Å². The van der Waals surface area contributed by atoms with Gasteiger partial charge in [0, 0.05) is 5.56 Å². The van der Waals surface area contributed by atoms with Crippen molar-refractivity contribution in [2.75, 3.05) is 5.73 Å². The predicted octanol–water partition coefficient (Wildman–Crippen LogP) is 1.43. The van der Waals surface area contributed by atoms with Crippen LogP contribution in [0.3, 0.4) is 0 Å². The lowest BCUT2D eigenvalue weighted by molar-refractivity contribution is 0.475. The maximum Gasteiger partial charge on any atom is 0.142 e. The molecule has 0 aliphatic heterocycles. The first-order valence-electron chi connectivity index (χ1n) is 4.12. The molecule has 0 bridgehead atoms. The third-order valence-corrected chi connectivity index (χ3v) is 1.82. The Morgan fingerprint density at radius 2 is 1.79 bits per heavy atom. The van der Waals surface area contributed by atoms with Gasteiger partial charge in [-0.1, -0.05) is 0 Å². The molecule has 1 heterocycles. The summed E-state index contributed by atoms with van der Waals surface area (Å²) in [5.74, 6) is 0.612. The Balaban J connectivity index is 2.44. The molecule has 0 saturated carbocycles. The van der Waals surface area contributed by atoms with Crippen LogP contribution in [0.15, 0.2) is 36.7 Å². The summed E-state index contributed by atoms with van der Waals surface area (Å²) in [5.41, 5.74) is 7.08.